The summed E-state index contributed by atoms with van der Waals surface area (Å²) < 4.78 is 0. The van der Waals surface area contributed by atoms with Gasteiger partial charge in [-0.05, 0) is 32.9 Å². The Labute approximate surface area is 124 Å². The van der Waals surface area contributed by atoms with Gasteiger partial charge in [0.15, 0.2) is 5.13 Å². The van der Waals surface area contributed by atoms with Crippen LogP contribution in [0.3, 0.4) is 0 Å². The molecule has 0 amide bonds. The molecule has 0 unspecified atom stereocenters. The van der Waals surface area contributed by atoms with Crippen molar-refractivity contribution in [1.82, 2.24) is 15.3 Å². The Hall–Kier alpha value is -1.46. The Bertz CT molecular complexity index is 508. The summed E-state index contributed by atoms with van der Waals surface area (Å²) in [6.45, 7) is 9.28. The van der Waals surface area contributed by atoms with E-state index in [9.17, 15) is 0 Å². The first-order valence-electron chi connectivity index (χ1n) is 7.08. The van der Waals surface area contributed by atoms with Crippen LogP contribution in [0.4, 0.5) is 5.13 Å². The van der Waals surface area contributed by atoms with Crippen LogP contribution >= 0.6 is 11.3 Å². The lowest BCUT2D eigenvalue weighted by Gasteiger charge is -2.16. The lowest BCUT2D eigenvalue weighted by molar-refractivity contribution is 0.565. The lowest BCUT2D eigenvalue weighted by Crippen LogP contribution is -2.21. The van der Waals surface area contributed by atoms with Gasteiger partial charge in [-0.1, -0.05) is 6.07 Å². The summed E-state index contributed by atoms with van der Waals surface area (Å²) in [5, 5.41) is 4.60. The number of nitrogens with zero attached hydrogens (tertiary/aromatic N) is 3. The Kier molecular flexibility index (Phi) is 5.49. The molecule has 2 rings (SSSR count). The summed E-state index contributed by atoms with van der Waals surface area (Å²) >= 11 is 1.76. The standard InChI is InChI=1S/C15H22N4S/c1-4-19(5-2)15-18-11-13(20-15)10-17-12(3)14-8-6-7-9-16-14/h6-9,11-12,17H,4-5,10H2,1-3H3/t12-/m0/s1. The minimum atomic E-state index is 0.246. The topological polar surface area (TPSA) is 41.1 Å². The van der Waals surface area contributed by atoms with Crippen molar-refractivity contribution < 1.29 is 0 Å². The number of rotatable bonds is 7. The van der Waals surface area contributed by atoms with E-state index >= 15 is 0 Å². The summed E-state index contributed by atoms with van der Waals surface area (Å²) in [5.41, 5.74) is 1.07. The highest BCUT2D eigenvalue weighted by atomic mass is 32.1. The van der Waals surface area contributed by atoms with Crippen molar-refractivity contribution in [2.75, 3.05) is 18.0 Å². The van der Waals surface area contributed by atoms with Crippen LogP contribution in [0.2, 0.25) is 0 Å². The molecular weight excluding hydrogens is 268 g/mol. The molecule has 0 aromatic carbocycles. The molecule has 0 radical (unpaired) electrons. The van der Waals surface area contributed by atoms with Gasteiger partial charge in [-0.25, -0.2) is 4.98 Å². The van der Waals surface area contributed by atoms with Crippen molar-refractivity contribution in [2.45, 2.75) is 33.4 Å². The number of hydrogen-bond acceptors (Lipinski definition) is 5. The highest BCUT2D eigenvalue weighted by Gasteiger charge is 2.09. The molecule has 5 heteroatoms. The van der Waals surface area contributed by atoms with Crippen molar-refractivity contribution in [3.05, 3.63) is 41.2 Å². The van der Waals surface area contributed by atoms with Crippen LogP contribution < -0.4 is 10.2 Å². The Morgan fingerprint density at radius 1 is 1.25 bits per heavy atom. The highest BCUT2D eigenvalue weighted by molar-refractivity contribution is 7.15. The third-order valence-electron chi connectivity index (χ3n) is 3.29. The van der Waals surface area contributed by atoms with Crippen LogP contribution in [-0.2, 0) is 6.54 Å². The summed E-state index contributed by atoms with van der Waals surface area (Å²) in [6, 6.07) is 6.25. The van der Waals surface area contributed by atoms with Crippen LogP contribution in [0.5, 0.6) is 0 Å². The lowest BCUT2D eigenvalue weighted by atomic mass is 10.2. The van der Waals surface area contributed by atoms with Crippen molar-refractivity contribution in [1.29, 1.82) is 0 Å². The summed E-state index contributed by atoms with van der Waals surface area (Å²) in [6.07, 6.45) is 3.80. The van der Waals surface area contributed by atoms with Gasteiger partial charge in [-0.2, -0.15) is 0 Å². The van der Waals surface area contributed by atoms with E-state index in [-0.39, 0.29) is 6.04 Å². The molecule has 0 saturated heterocycles. The third-order valence-corrected chi connectivity index (χ3v) is 4.35. The smallest absolute Gasteiger partial charge is 0.185 e. The van der Waals surface area contributed by atoms with E-state index < -0.39 is 0 Å². The molecule has 0 aliphatic carbocycles. The van der Waals surface area contributed by atoms with E-state index in [0.717, 1.165) is 30.5 Å². The van der Waals surface area contributed by atoms with Gasteiger partial charge in [0, 0.05) is 42.9 Å². The SMILES string of the molecule is CCN(CC)c1ncc(CN[C@@H](C)c2ccccn2)s1. The molecule has 1 N–H and O–H groups in total. The van der Waals surface area contributed by atoms with Crippen molar-refractivity contribution >= 4 is 16.5 Å². The maximum Gasteiger partial charge on any atom is 0.185 e. The zero-order chi connectivity index (χ0) is 14.4. The van der Waals surface area contributed by atoms with Gasteiger partial charge in [0.05, 0.1) is 5.69 Å². The van der Waals surface area contributed by atoms with Crippen molar-refractivity contribution in [3.63, 3.8) is 0 Å². The van der Waals surface area contributed by atoms with E-state index in [1.165, 1.54) is 4.88 Å². The molecule has 4 nitrogen and oxygen atoms in total. The van der Waals surface area contributed by atoms with Gasteiger partial charge in [-0.15, -0.1) is 11.3 Å². The normalized spacial score (nSPS) is 12.3. The summed E-state index contributed by atoms with van der Waals surface area (Å²) in [4.78, 5) is 12.4. The van der Waals surface area contributed by atoms with E-state index in [1.807, 2.05) is 30.6 Å². The second-order valence-corrected chi connectivity index (χ2v) is 5.73. The van der Waals surface area contributed by atoms with Crippen molar-refractivity contribution in [2.24, 2.45) is 0 Å². The van der Waals surface area contributed by atoms with E-state index in [1.54, 1.807) is 11.3 Å². The molecule has 20 heavy (non-hydrogen) atoms. The fraction of sp³-hybridized carbons (Fsp3) is 0.467. The van der Waals surface area contributed by atoms with Crippen molar-refractivity contribution in [3.8, 4) is 0 Å². The largest absolute Gasteiger partial charge is 0.349 e. The van der Waals surface area contributed by atoms with Gasteiger partial charge < -0.3 is 10.2 Å². The molecule has 2 aromatic rings. The fourth-order valence-electron chi connectivity index (χ4n) is 2.01. The van der Waals surface area contributed by atoms with Gasteiger partial charge in [0.25, 0.3) is 0 Å². The Morgan fingerprint density at radius 3 is 2.70 bits per heavy atom. The molecule has 1 atom stereocenters. The van der Waals surface area contributed by atoms with Crippen LogP contribution in [-0.4, -0.2) is 23.1 Å². The quantitative estimate of drug-likeness (QED) is 0.850. The van der Waals surface area contributed by atoms with Crippen LogP contribution in [0.15, 0.2) is 30.6 Å². The highest BCUT2D eigenvalue weighted by Crippen LogP contribution is 2.22. The molecule has 0 aliphatic heterocycles. The Balaban J connectivity index is 1.91. The monoisotopic (exact) mass is 290 g/mol. The number of aromatic nitrogens is 2. The Morgan fingerprint density at radius 2 is 2.05 bits per heavy atom. The molecular formula is C15H22N4S. The molecule has 0 saturated carbocycles. The number of thiazole rings is 1. The van der Waals surface area contributed by atoms with E-state index in [0.29, 0.717) is 0 Å². The summed E-state index contributed by atoms with van der Waals surface area (Å²) in [7, 11) is 0. The van der Waals surface area contributed by atoms with Gasteiger partial charge in [0.1, 0.15) is 0 Å². The second kappa shape index (κ2) is 7.36. The average molecular weight is 290 g/mol. The molecule has 108 valence electrons. The first-order chi connectivity index (χ1) is 9.74. The van der Waals surface area contributed by atoms with Gasteiger partial charge >= 0.3 is 0 Å². The predicted molar refractivity (Wildman–Crippen MR) is 85.2 cm³/mol. The number of hydrogen-bond donors (Lipinski definition) is 1. The molecule has 0 fully saturated rings. The second-order valence-electron chi connectivity index (χ2n) is 4.64. The fourth-order valence-corrected chi connectivity index (χ4v) is 3.00. The summed E-state index contributed by atoms with van der Waals surface area (Å²) in [5.74, 6) is 0. The zero-order valence-corrected chi connectivity index (χ0v) is 13.2. The molecule has 0 spiro atoms. The van der Waals surface area contributed by atoms with Crippen LogP contribution in [0.1, 0.15) is 37.4 Å². The maximum atomic E-state index is 4.50. The first-order valence-corrected chi connectivity index (χ1v) is 7.90. The minimum absolute atomic E-state index is 0.246. The van der Waals surface area contributed by atoms with E-state index in [4.69, 9.17) is 0 Å². The van der Waals surface area contributed by atoms with Gasteiger partial charge in [-0.3, -0.25) is 4.98 Å². The molecule has 2 heterocycles. The third kappa shape index (κ3) is 3.77. The molecule has 2 aromatic heterocycles. The van der Waals surface area contributed by atoms with Gasteiger partial charge in [0.2, 0.25) is 0 Å². The zero-order valence-electron chi connectivity index (χ0n) is 12.3. The predicted octanol–water partition coefficient (Wildman–Crippen LogP) is 3.24. The van der Waals surface area contributed by atoms with Crippen LogP contribution in [0.25, 0.3) is 0 Å². The number of pyridine rings is 1. The number of nitrogens with one attached hydrogen (secondary N) is 1. The number of anilines is 1. The average Bonchev–Trinajstić information content (AvgIpc) is 2.96. The molecule has 0 aliphatic rings. The van der Waals surface area contributed by atoms with Crippen LogP contribution in [0, 0.1) is 0 Å². The first kappa shape index (κ1) is 14.9. The maximum absolute atomic E-state index is 4.50. The molecule has 0 bridgehead atoms. The minimum Gasteiger partial charge on any atom is -0.349 e. The van der Waals surface area contributed by atoms with E-state index in [2.05, 4.69) is 41.0 Å².